The van der Waals surface area contributed by atoms with Gasteiger partial charge in [0.2, 0.25) is 17.6 Å². The highest BCUT2D eigenvalue weighted by Gasteiger charge is 2.46. The molecule has 36 heavy (non-hydrogen) atoms. The molecular weight excluding hydrogens is 474 g/mol. The zero-order valence-electron chi connectivity index (χ0n) is 19.9. The molecule has 0 bridgehead atoms. The van der Waals surface area contributed by atoms with Gasteiger partial charge in [-0.2, -0.15) is 8.78 Å². The minimum absolute atomic E-state index is 0.0205. The van der Waals surface area contributed by atoms with Crippen molar-refractivity contribution in [2.24, 2.45) is 11.8 Å². The van der Waals surface area contributed by atoms with E-state index in [-0.39, 0.29) is 42.4 Å². The highest BCUT2D eigenvalue weighted by Crippen LogP contribution is 2.35. The molecule has 8 nitrogen and oxygen atoms in total. The molecule has 10 heteroatoms. The van der Waals surface area contributed by atoms with Crippen molar-refractivity contribution in [3.8, 4) is 11.4 Å². The van der Waals surface area contributed by atoms with Crippen LogP contribution in [0.1, 0.15) is 41.0 Å². The van der Waals surface area contributed by atoms with Gasteiger partial charge in [-0.3, -0.25) is 24.1 Å². The minimum Gasteiger partial charge on any atom is -0.457 e. The zero-order chi connectivity index (χ0) is 26.0. The summed E-state index contributed by atoms with van der Waals surface area (Å²) >= 11 is 0. The maximum atomic E-state index is 12.8. The third-order valence-electron chi connectivity index (χ3n) is 6.55. The number of rotatable bonds is 9. The van der Waals surface area contributed by atoms with Crippen molar-refractivity contribution in [3.63, 3.8) is 0 Å². The predicted octanol–water partition coefficient (Wildman–Crippen LogP) is 3.76. The Hall–Kier alpha value is -3.82. The number of amides is 2. The highest BCUT2D eigenvalue weighted by atomic mass is 19.3. The van der Waals surface area contributed by atoms with Gasteiger partial charge in [0.05, 0.1) is 18.3 Å². The number of carbonyl (C=O) groups excluding carboxylic acids is 4. The van der Waals surface area contributed by atoms with Gasteiger partial charge in [-0.05, 0) is 57.0 Å². The first-order chi connectivity index (χ1) is 17.2. The van der Waals surface area contributed by atoms with E-state index in [1.807, 2.05) is 12.2 Å². The number of esters is 1. The number of benzene rings is 1. The first kappa shape index (κ1) is 25.3. The predicted molar refractivity (Wildman–Crippen MR) is 124 cm³/mol. The van der Waals surface area contributed by atoms with Crippen molar-refractivity contribution in [2.75, 3.05) is 13.2 Å². The quantitative estimate of drug-likeness (QED) is 0.225. The van der Waals surface area contributed by atoms with Crippen molar-refractivity contribution < 1.29 is 37.4 Å². The molecule has 1 saturated heterocycles. The third kappa shape index (κ3) is 5.07. The topological polar surface area (TPSA) is 94.9 Å². The Morgan fingerprint density at radius 1 is 1.03 bits per heavy atom. The molecule has 1 fully saturated rings. The maximum absolute atomic E-state index is 12.8. The van der Waals surface area contributed by atoms with Gasteiger partial charge < -0.3 is 14.0 Å². The lowest BCUT2D eigenvalue weighted by atomic mass is 9.85. The van der Waals surface area contributed by atoms with E-state index < -0.39 is 25.0 Å². The number of hydrogen-bond acceptors (Lipinski definition) is 6. The molecule has 1 aromatic carbocycles. The van der Waals surface area contributed by atoms with Crippen molar-refractivity contribution in [3.05, 3.63) is 59.4 Å². The van der Waals surface area contributed by atoms with Crippen molar-refractivity contribution >= 4 is 23.6 Å². The van der Waals surface area contributed by atoms with Crippen LogP contribution in [0.3, 0.4) is 0 Å². The molecule has 1 aromatic heterocycles. The molecule has 1 aliphatic carbocycles. The van der Waals surface area contributed by atoms with Crippen LogP contribution >= 0.6 is 0 Å². The van der Waals surface area contributed by atoms with Crippen LogP contribution < -0.4 is 4.74 Å². The molecule has 0 unspecified atom stereocenters. The first-order valence-electron chi connectivity index (χ1n) is 11.6. The number of Topliss-reactive ketones (excluding diaryl/α,β-unsaturated/α-hetero) is 1. The number of ether oxygens (including phenoxy) is 2. The number of aryl methyl sites for hydroxylation is 1. The third-order valence-corrected chi connectivity index (χ3v) is 6.55. The molecule has 2 heterocycles. The summed E-state index contributed by atoms with van der Waals surface area (Å²) in [7, 11) is 0. The molecule has 190 valence electrons. The molecule has 2 aliphatic rings. The van der Waals surface area contributed by atoms with E-state index in [0.717, 1.165) is 10.6 Å². The van der Waals surface area contributed by atoms with Crippen molar-refractivity contribution in [2.45, 2.75) is 39.7 Å². The van der Waals surface area contributed by atoms with E-state index in [2.05, 4.69) is 4.74 Å². The van der Waals surface area contributed by atoms with E-state index in [0.29, 0.717) is 29.8 Å². The summed E-state index contributed by atoms with van der Waals surface area (Å²) in [5, 5.41) is 0. The second-order valence-electron chi connectivity index (χ2n) is 8.81. The normalized spacial score (nSPS) is 19.1. The number of ketones is 1. The number of nitrogens with zero attached hydrogens (tertiary/aromatic N) is 2. The van der Waals surface area contributed by atoms with Crippen LogP contribution in [0.15, 0.2) is 42.5 Å². The Kier molecular flexibility index (Phi) is 7.32. The highest BCUT2D eigenvalue weighted by molar-refractivity contribution is 6.05. The lowest BCUT2D eigenvalue weighted by Crippen LogP contribution is -2.33. The number of imide groups is 1. The summed E-state index contributed by atoms with van der Waals surface area (Å²) in [6.45, 7) is 0.0376. The van der Waals surface area contributed by atoms with Crippen LogP contribution in [-0.2, 0) is 19.1 Å². The van der Waals surface area contributed by atoms with Gasteiger partial charge in [0.15, 0.2) is 6.61 Å². The molecule has 1 aliphatic heterocycles. The van der Waals surface area contributed by atoms with Crippen molar-refractivity contribution in [1.82, 2.24) is 9.47 Å². The Morgan fingerprint density at radius 3 is 2.22 bits per heavy atom. The van der Waals surface area contributed by atoms with Gasteiger partial charge in [-0.25, -0.2) is 0 Å². The zero-order valence-corrected chi connectivity index (χ0v) is 19.9. The summed E-state index contributed by atoms with van der Waals surface area (Å²) in [5.41, 5.74) is 2.33. The van der Waals surface area contributed by atoms with E-state index in [9.17, 15) is 28.0 Å². The number of halogens is 2. The summed E-state index contributed by atoms with van der Waals surface area (Å²) in [5.74, 6) is -2.32. The molecule has 0 radical (unpaired) electrons. The number of aromatic nitrogens is 1. The number of hydrogen-bond donors (Lipinski definition) is 0. The molecule has 2 amide bonds. The molecule has 2 aromatic rings. The van der Waals surface area contributed by atoms with Crippen molar-refractivity contribution in [1.29, 1.82) is 0 Å². The van der Waals surface area contributed by atoms with Gasteiger partial charge in [-0.15, -0.1) is 0 Å². The largest absolute Gasteiger partial charge is 0.457 e. The molecule has 0 N–H and O–H groups in total. The van der Waals surface area contributed by atoms with Gasteiger partial charge in [0.1, 0.15) is 5.75 Å². The van der Waals surface area contributed by atoms with E-state index in [1.165, 1.54) is 12.1 Å². The molecular formula is C26H26F2N2O6. The fraction of sp³-hybridized carbons (Fsp3) is 0.385. The van der Waals surface area contributed by atoms with Gasteiger partial charge in [0.25, 0.3) is 0 Å². The molecule has 0 spiro atoms. The maximum Gasteiger partial charge on any atom is 0.387 e. The lowest BCUT2D eigenvalue weighted by Gasteiger charge is -2.14. The van der Waals surface area contributed by atoms with Crippen LogP contribution in [0, 0.1) is 25.7 Å². The average Bonchev–Trinajstić information content (AvgIpc) is 3.28. The van der Waals surface area contributed by atoms with Crippen LogP contribution in [0.4, 0.5) is 8.78 Å². The van der Waals surface area contributed by atoms with Gasteiger partial charge in [-0.1, -0.05) is 12.2 Å². The SMILES string of the molecule is Cc1cc(C(=O)COC(=O)CCN2C(=O)[C@H]3CC=CC[C@H]3C2=O)c(C)n1-c1ccc(OC(F)F)cc1. The molecule has 0 saturated carbocycles. The second-order valence-corrected chi connectivity index (χ2v) is 8.81. The van der Waals surface area contributed by atoms with E-state index >= 15 is 0 Å². The lowest BCUT2D eigenvalue weighted by molar-refractivity contribution is -0.145. The van der Waals surface area contributed by atoms with E-state index in [1.54, 1.807) is 36.6 Å². The van der Waals surface area contributed by atoms with Gasteiger partial charge >= 0.3 is 12.6 Å². The number of likely N-dealkylation sites (tertiary alicyclic amines) is 1. The Morgan fingerprint density at radius 2 is 1.64 bits per heavy atom. The van der Waals surface area contributed by atoms with Gasteiger partial charge in [0, 0.05) is 29.2 Å². The first-order valence-corrected chi connectivity index (χ1v) is 11.6. The summed E-state index contributed by atoms with van der Waals surface area (Å²) in [6, 6.07) is 7.67. The number of alkyl halides is 2. The fourth-order valence-corrected chi connectivity index (χ4v) is 4.81. The Bertz CT molecular complexity index is 1190. The second kappa shape index (κ2) is 10.4. The van der Waals surface area contributed by atoms with Crippen LogP contribution in [0.25, 0.3) is 5.69 Å². The summed E-state index contributed by atoms with van der Waals surface area (Å²) in [4.78, 5) is 51.1. The number of carbonyl (C=O) groups is 4. The van der Waals surface area contributed by atoms with E-state index in [4.69, 9.17) is 4.74 Å². The Balaban J connectivity index is 1.33. The van der Waals surface area contributed by atoms with Crippen LogP contribution in [-0.4, -0.2) is 52.8 Å². The van der Waals surface area contributed by atoms with Crippen LogP contribution in [0.2, 0.25) is 0 Å². The molecule has 4 rings (SSSR count). The standard InChI is InChI=1S/C26H26F2N2O6/c1-15-13-21(16(2)30(15)17-7-9-18(10-8-17)36-26(27)28)22(31)14-35-23(32)11-12-29-24(33)19-5-3-4-6-20(19)25(29)34/h3-4,7-10,13,19-20,26H,5-6,11-12,14H2,1-2H3/t19-,20+. The monoisotopic (exact) mass is 500 g/mol. The minimum atomic E-state index is -2.92. The average molecular weight is 500 g/mol. The molecule has 2 atom stereocenters. The number of allylic oxidation sites excluding steroid dienone is 2. The fourth-order valence-electron chi connectivity index (χ4n) is 4.81. The van der Waals surface area contributed by atoms with Crippen LogP contribution in [0.5, 0.6) is 5.75 Å². The smallest absolute Gasteiger partial charge is 0.387 e. The summed E-state index contributed by atoms with van der Waals surface area (Å²) < 4.78 is 36.0. The number of fused-ring (bicyclic) bond motifs is 1. The Labute approximate surface area is 206 Å². The summed E-state index contributed by atoms with van der Waals surface area (Å²) in [6.07, 6.45) is 4.64.